The summed E-state index contributed by atoms with van der Waals surface area (Å²) in [6.45, 7) is 5.84. The lowest BCUT2D eigenvalue weighted by Gasteiger charge is -2.37. The van der Waals surface area contributed by atoms with E-state index in [2.05, 4.69) is 43.9 Å². The summed E-state index contributed by atoms with van der Waals surface area (Å²) in [5.74, 6) is 1.04. The summed E-state index contributed by atoms with van der Waals surface area (Å²) in [6.07, 6.45) is 3.71. The molecule has 0 aliphatic carbocycles. The van der Waals surface area contributed by atoms with Crippen molar-refractivity contribution >= 4 is 27.7 Å². The van der Waals surface area contributed by atoms with Crippen molar-refractivity contribution in [2.75, 3.05) is 25.0 Å². The molecule has 0 saturated carbocycles. The molecule has 25 heavy (non-hydrogen) atoms. The topological polar surface area (TPSA) is 54.3 Å². The predicted molar refractivity (Wildman–Crippen MR) is 102 cm³/mol. The van der Waals surface area contributed by atoms with E-state index in [1.807, 2.05) is 38.2 Å². The van der Waals surface area contributed by atoms with E-state index in [4.69, 9.17) is 0 Å². The Bertz CT molecular complexity index is 760. The van der Waals surface area contributed by atoms with E-state index in [0.29, 0.717) is 5.69 Å². The maximum atomic E-state index is 12.7. The fraction of sp³-hybridized carbons (Fsp3) is 0.500. The first-order chi connectivity index (χ1) is 11.9. The highest BCUT2D eigenvalue weighted by molar-refractivity contribution is 9.10. The smallest absolute Gasteiger partial charge is 0.274 e. The van der Waals surface area contributed by atoms with Crippen LogP contribution < -0.4 is 4.90 Å². The molecule has 1 fully saturated rings. The van der Waals surface area contributed by atoms with Crippen LogP contribution in [0.2, 0.25) is 0 Å². The molecular weight excluding hydrogens is 382 g/mol. The number of aryl methyl sites for hydroxylation is 3. The Balaban J connectivity index is 1.64. The van der Waals surface area contributed by atoms with Gasteiger partial charge in [-0.15, -0.1) is 0 Å². The van der Waals surface area contributed by atoms with Crippen molar-refractivity contribution in [2.24, 2.45) is 7.05 Å². The number of piperidine rings is 1. The molecule has 0 spiro atoms. The highest BCUT2D eigenvalue weighted by Gasteiger charge is 2.28. The molecule has 0 atom stereocenters. The molecule has 134 valence electrons. The molecule has 3 heterocycles. The summed E-state index contributed by atoms with van der Waals surface area (Å²) in [5, 5.41) is 4.31. The first kappa shape index (κ1) is 17.9. The van der Waals surface area contributed by atoms with Gasteiger partial charge in [-0.25, -0.2) is 4.98 Å². The molecular formula is C18H24BrN5O. The van der Waals surface area contributed by atoms with Gasteiger partial charge in [0.2, 0.25) is 0 Å². The number of carbonyl (C=O) groups excluding carboxylic acids is 1. The lowest BCUT2D eigenvalue weighted by atomic mass is 10.0. The van der Waals surface area contributed by atoms with E-state index in [1.165, 1.54) is 5.56 Å². The molecule has 7 heteroatoms. The Hall–Kier alpha value is -1.89. The number of hydrogen-bond acceptors (Lipinski definition) is 4. The van der Waals surface area contributed by atoms with Gasteiger partial charge in [-0.2, -0.15) is 5.10 Å². The minimum absolute atomic E-state index is 0.0000900. The van der Waals surface area contributed by atoms with Crippen LogP contribution in [0.5, 0.6) is 0 Å². The summed E-state index contributed by atoms with van der Waals surface area (Å²) in [4.78, 5) is 21.4. The molecule has 2 aromatic heterocycles. The number of nitrogens with zero attached hydrogens (tertiary/aromatic N) is 5. The van der Waals surface area contributed by atoms with Crippen molar-refractivity contribution in [3.63, 3.8) is 0 Å². The van der Waals surface area contributed by atoms with E-state index < -0.39 is 0 Å². The van der Waals surface area contributed by atoms with Crippen molar-refractivity contribution in [3.8, 4) is 0 Å². The van der Waals surface area contributed by atoms with Gasteiger partial charge in [0.05, 0.1) is 0 Å². The minimum Gasteiger partial charge on any atom is -0.356 e. The van der Waals surface area contributed by atoms with Crippen molar-refractivity contribution in [1.82, 2.24) is 19.7 Å². The number of rotatable bonds is 3. The zero-order valence-corrected chi connectivity index (χ0v) is 16.7. The number of halogens is 1. The largest absolute Gasteiger partial charge is 0.356 e. The van der Waals surface area contributed by atoms with Crippen LogP contribution >= 0.6 is 15.9 Å². The average Bonchev–Trinajstić information content (AvgIpc) is 2.93. The third-order valence-electron chi connectivity index (χ3n) is 4.98. The highest BCUT2D eigenvalue weighted by atomic mass is 79.9. The minimum atomic E-state index is 0.0000900. The number of aromatic nitrogens is 3. The van der Waals surface area contributed by atoms with Gasteiger partial charge in [-0.05, 0) is 60.3 Å². The Morgan fingerprint density at radius 1 is 1.28 bits per heavy atom. The highest BCUT2D eigenvalue weighted by Crippen LogP contribution is 2.25. The lowest BCUT2D eigenvalue weighted by Crippen LogP contribution is -2.46. The molecule has 1 amide bonds. The van der Waals surface area contributed by atoms with Crippen LogP contribution in [0.4, 0.5) is 5.82 Å². The molecule has 0 aromatic carbocycles. The second kappa shape index (κ2) is 7.15. The number of pyridine rings is 1. The molecule has 1 aliphatic rings. The first-order valence-corrected chi connectivity index (χ1v) is 9.31. The van der Waals surface area contributed by atoms with Gasteiger partial charge >= 0.3 is 0 Å². The third-order valence-corrected chi connectivity index (χ3v) is 5.42. The van der Waals surface area contributed by atoms with Gasteiger partial charge in [-0.1, -0.05) is 0 Å². The van der Waals surface area contributed by atoms with E-state index >= 15 is 0 Å². The molecule has 0 N–H and O–H groups in total. The number of hydrogen-bond donors (Lipinski definition) is 0. The Morgan fingerprint density at radius 3 is 2.52 bits per heavy atom. The quantitative estimate of drug-likeness (QED) is 0.787. The first-order valence-electron chi connectivity index (χ1n) is 8.51. The number of carbonyl (C=O) groups is 1. The SMILES string of the molecule is Cc1cc(Br)cnc1N1CCC(N(C)C(=O)c2cc(C)n(C)n2)CC1. The molecule has 1 saturated heterocycles. The molecule has 0 bridgehead atoms. The maximum absolute atomic E-state index is 12.7. The fourth-order valence-corrected chi connectivity index (χ4v) is 3.79. The summed E-state index contributed by atoms with van der Waals surface area (Å²) in [6, 6.07) is 4.18. The van der Waals surface area contributed by atoms with Crippen molar-refractivity contribution in [2.45, 2.75) is 32.7 Å². The summed E-state index contributed by atoms with van der Waals surface area (Å²) >= 11 is 3.46. The second-order valence-corrected chi connectivity index (χ2v) is 7.64. The Morgan fingerprint density at radius 2 is 1.96 bits per heavy atom. The molecule has 0 radical (unpaired) electrons. The van der Waals surface area contributed by atoms with Crippen molar-refractivity contribution in [3.05, 3.63) is 39.8 Å². The maximum Gasteiger partial charge on any atom is 0.274 e. The van der Waals surface area contributed by atoms with Gasteiger partial charge in [0.1, 0.15) is 5.82 Å². The molecule has 0 unspecified atom stereocenters. The van der Waals surface area contributed by atoms with Gasteiger partial charge < -0.3 is 9.80 Å². The molecule has 1 aliphatic heterocycles. The average molecular weight is 406 g/mol. The second-order valence-electron chi connectivity index (χ2n) is 6.72. The lowest BCUT2D eigenvalue weighted by molar-refractivity contribution is 0.0702. The molecule has 2 aromatic rings. The van der Waals surface area contributed by atoms with E-state index in [9.17, 15) is 4.79 Å². The molecule has 3 rings (SSSR count). The van der Waals surface area contributed by atoms with Crippen LogP contribution in [0.3, 0.4) is 0 Å². The van der Waals surface area contributed by atoms with Gasteiger partial charge in [0, 0.05) is 49.6 Å². The zero-order valence-electron chi connectivity index (χ0n) is 15.2. The van der Waals surface area contributed by atoms with Crippen LogP contribution in [0, 0.1) is 13.8 Å². The summed E-state index contributed by atoms with van der Waals surface area (Å²) < 4.78 is 2.74. The zero-order chi connectivity index (χ0) is 18.1. The van der Waals surface area contributed by atoms with E-state index in [-0.39, 0.29) is 11.9 Å². The van der Waals surface area contributed by atoms with Crippen LogP contribution in [0.15, 0.2) is 22.8 Å². The van der Waals surface area contributed by atoms with Crippen LogP contribution in [-0.2, 0) is 7.05 Å². The monoisotopic (exact) mass is 405 g/mol. The van der Waals surface area contributed by atoms with Crippen molar-refractivity contribution < 1.29 is 4.79 Å². The van der Waals surface area contributed by atoms with Crippen molar-refractivity contribution in [1.29, 1.82) is 0 Å². The number of anilines is 1. The van der Waals surface area contributed by atoms with Crippen LogP contribution in [0.25, 0.3) is 0 Å². The predicted octanol–water partition coefficient (Wildman–Crippen LogP) is 2.94. The Labute approximate surface area is 157 Å². The summed E-state index contributed by atoms with van der Waals surface area (Å²) in [7, 11) is 3.74. The van der Waals surface area contributed by atoms with Crippen LogP contribution in [-0.4, -0.2) is 51.8 Å². The molecule has 6 nitrogen and oxygen atoms in total. The van der Waals surface area contributed by atoms with Gasteiger partial charge in [0.15, 0.2) is 5.69 Å². The van der Waals surface area contributed by atoms with Gasteiger partial charge in [0.25, 0.3) is 5.91 Å². The number of amides is 1. The Kier molecular flexibility index (Phi) is 5.13. The van der Waals surface area contributed by atoms with E-state index in [1.54, 1.807) is 4.68 Å². The van der Waals surface area contributed by atoms with E-state index in [0.717, 1.165) is 41.9 Å². The normalized spacial score (nSPS) is 15.5. The third kappa shape index (κ3) is 3.71. The fourth-order valence-electron chi connectivity index (χ4n) is 3.34. The van der Waals surface area contributed by atoms with Crippen LogP contribution in [0.1, 0.15) is 34.6 Å². The standard InChI is InChI=1S/C18H24BrN5O/c1-12-9-14(19)11-20-17(12)24-7-5-15(6-8-24)22(3)18(25)16-10-13(2)23(4)21-16/h9-11,15H,5-8H2,1-4H3. The van der Waals surface area contributed by atoms with Gasteiger partial charge in [-0.3, -0.25) is 9.48 Å². The summed E-state index contributed by atoms with van der Waals surface area (Å²) in [5.41, 5.74) is 2.68.